The normalized spacial score (nSPS) is 10.5. The smallest absolute Gasteiger partial charge is 0.262 e. The highest BCUT2D eigenvalue weighted by molar-refractivity contribution is 6.30. The molecular formula is C16H18ClN3O4. The van der Waals surface area contributed by atoms with E-state index < -0.39 is 11.8 Å². The van der Waals surface area contributed by atoms with Gasteiger partial charge in [-0.15, -0.1) is 0 Å². The topological polar surface area (TPSA) is 95.7 Å². The van der Waals surface area contributed by atoms with Crippen molar-refractivity contribution < 1.29 is 19.3 Å². The van der Waals surface area contributed by atoms with Gasteiger partial charge in [-0.05, 0) is 18.6 Å². The van der Waals surface area contributed by atoms with Crippen molar-refractivity contribution in [2.75, 3.05) is 13.1 Å². The minimum Gasteiger partial charge on any atom is -0.363 e. The van der Waals surface area contributed by atoms with Crippen LogP contribution in [0.25, 0.3) is 11.3 Å². The van der Waals surface area contributed by atoms with Gasteiger partial charge in [-0.1, -0.05) is 42.2 Å². The van der Waals surface area contributed by atoms with Crippen molar-refractivity contribution in [3.63, 3.8) is 0 Å². The summed E-state index contributed by atoms with van der Waals surface area (Å²) in [6.07, 6.45) is 2.84. The Hall–Kier alpha value is -2.38. The van der Waals surface area contributed by atoms with Crippen LogP contribution in [0.15, 0.2) is 35.1 Å². The largest absolute Gasteiger partial charge is 0.363 e. The second-order valence-corrected chi connectivity index (χ2v) is 5.64. The van der Waals surface area contributed by atoms with E-state index in [1.807, 2.05) is 6.92 Å². The molecule has 0 saturated carbocycles. The van der Waals surface area contributed by atoms with Gasteiger partial charge in [0, 0.05) is 17.1 Å². The second kappa shape index (κ2) is 8.47. The first-order valence-electron chi connectivity index (χ1n) is 7.49. The van der Waals surface area contributed by atoms with Crippen molar-refractivity contribution >= 4 is 23.4 Å². The number of nitrogens with zero attached hydrogens (tertiary/aromatic N) is 2. The van der Waals surface area contributed by atoms with E-state index in [-0.39, 0.29) is 12.1 Å². The van der Waals surface area contributed by atoms with Crippen LogP contribution in [0.3, 0.4) is 0 Å². The van der Waals surface area contributed by atoms with E-state index >= 15 is 0 Å². The molecule has 0 aliphatic rings. The molecule has 1 aromatic carbocycles. The molecule has 0 spiro atoms. The quantitative estimate of drug-likeness (QED) is 0.590. The Bertz CT molecular complexity index is 700. The Morgan fingerprint density at radius 2 is 2.04 bits per heavy atom. The summed E-state index contributed by atoms with van der Waals surface area (Å²) < 4.78 is 4.96. The number of hydrogen-bond acceptors (Lipinski definition) is 5. The Kier molecular flexibility index (Phi) is 6.34. The third kappa shape index (κ3) is 4.33. The van der Waals surface area contributed by atoms with Crippen molar-refractivity contribution in [3.05, 3.63) is 41.1 Å². The summed E-state index contributed by atoms with van der Waals surface area (Å²) in [5.74, 6) is -1.05. The van der Waals surface area contributed by atoms with E-state index in [1.165, 1.54) is 16.6 Å². The lowest BCUT2D eigenvalue weighted by atomic mass is 10.1. The van der Waals surface area contributed by atoms with Crippen molar-refractivity contribution in [1.29, 1.82) is 0 Å². The van der Waals surface area contributed by atoms with E-state index in [4.69, 9.17) is 21.3 Å². The van der Waals surface area contributed by atoms with Gasteiger partial charge in [0.15, 0.2) is 0 Å². The zero-order valence-corrected chi connectivity index (χ0v) is 13.9. The number of unbranched alkanes of at least 4 members (excludes halogenated alkanes) is 1. The van der Waals surface area contributed by atoms with Crippen LogP contribution in [0, 0.1) is 0 Å². The molecule has 0 fully saturated rings. The zero-order chi connectivity index (χ0) is 17.5. The Morgan fingerprint density at radius 3 is 2.67 bits per heavy atom. The van der Waals surface area contributed by atoms with Gasteiger partial charge in [0.25, 0.3) is 11.8 Å². The van der Waals surface area contributed by atoms with Crippen LogP contribution < -0.4 is 5.48 Å². The Balaban J connectivity index is 2.28. The van der Waals surface area contributed by atoms with Crippen LogP contribution in [0.4, 0.5) is 0 Å². The number of benzene rings is 1. The van der Waals surface area contributed by atoms with Crippen LogP contribution in [0.1, 0.15) is 30.1 Å². The van der Waals surface area contributed by atoms with Gasteiger partial charge in [0.2, 0.25) is 0 Å². The maximum atomic E-state index is 12.8. The van der Waals surface area contributed by atoms with Crippen molar-refractivity contribution in [1.82, 2.24) is 15.5 Å². The summed E-state index contributed by atoms with van der Waals surface area (Å²) in [5.41, 5.74) is 2.84. The van der Waals surface area contributed by atoms with Crippen molar-refractivity contribution in [3.8, 4) is 11.3 Å². The molecule has 0 aliphatic carbocycles. The Labute approximate surface area is 144 Å². The first-order chi connectivity index (χ1) is 11.6. The first-order valence-corrected chi connectivity index (χ1v) is 7.87. The summed E-state index contributed by atoms with van der Waals surface area (Å²) in [6.45, 7) is 2.11. The lowest BCUT2D eigenvalue weighted by molar-refractivity contribution is -0.129. The minimum absolute atomic E-state index is 0.249. The SMILES string of the molecule is CCCCN(CC(=O)NO)C(=O)c1conc1-c1ccc(Cl)cc1. The molecule has 2 rings (SSSR count). The minimum atomic E-state index is -0.663. The average molecular weight is 352 g/mol. The molecule has 0 atom stereocenters. The van der Waals surface area contributed by atoms with E-state index in [0.717, 1.165) is 12.8 Å². The van der Waals surface area contributed by atoms with Gasteiger partial charge >= 0.3 is 0 Å². The molecule has 0 aliphatic heterocycles. The maximum absolute atomic E-state index is 12.8. The fraction of sp³-hybridized carbons (Fsp3) is 0.312. The summed E-state index contributed by atoms with van der Waals surface area (Å²) in [5, 5.41) is 13.2. The number of carbonyl (C=O) groups is 2. The van der Waals surface area contributed by atoms with E-state index in [2.05, 4.69) is 5.16 Å². The summed E-state index contributed by atoms with van der Waals surface area (Å²) in [4.78, 5) is 25.6. The molecule has 0 saturated heterocycles. The van der Waals surface area contributed by atoms with Gasteiger partial charge in [0.1, 0.15) is 24.1 Å². The predicted octanol–water partition coefficient (Wildman–Crippen LogP) is 2.74. The van der Waals surface area contributed by atoms with Gasteiger partial charge in [-0.3, -0.25) is 14.8 Å². The number of halogens is 1. The zero-order valence-electron chi connectivity index (χ0n) is 13.2. The number of carbonyl (C=O) groups excluding carboxylic acids is 2. The number of rotatable bonds is 7. The number of aromatic nitrogens is 1. The molecule has 0 bridgehead atoms. The average Bonchev–Trinajstić information content (AvgIpc) is 3.08. The molecular weight excluding hydrogens is 334 g/mol. The fourth-order valence-corrected chi connectivity index (χ4v) is 2.31. The fourth-order valence-electron chi connectivity index (χ4n) is 2.18. The molecule has 1 aromatic heterocycles. The molecule has 0 unspecified atom stereocenters. The van der Waals surface area contributed by atoms with Gasteiger partial charge in [-0.2, -0.15) is 0 Å². The summed E-state index contributed by atoms with van der Waals surface area (Å²) in [7, 11) is 0. The lowest BCUT2D eigenvalue weighted by Gasteiger charge is -2.21. The monoisotopic (exact) mass is 351 g/mol. The molecule has 1 heterocycles. The van der Waals surface area contributed by atoms with Crippen molar-refractivity contribution in [2.24, 2.45) is 0 Å². The highest BCUT2D eigenvalue weighted by atomic mass is 35.5. The summed E-state index contributed by atoms with van der Waals surface area (Å²) >= 11 is 5.87. The highest BCUT2D eigenvalue weighted by Gasteiger charge is 2.24. The molecule has 2 N–H and O–H groups in total. The second-order valence-electron chi connectivity index (χ2n) is 5.20. The van der Waals surface area contributed by atoms with Crippen LogP contribution in [0.2, 0.25) is 5.02 Å². The molecule has 128 valence electrons. The van der Waals surface area contributed by atoms with Crippen LogP contribution >= 0.6 is 11.6 Å². The number of nitrogens with one attached hydrogen (secondary N) is 1. The number of hydrogen-bond donors (Lipinski definition) is 2. The third-order valence-electron chi connectivity index (χ3n) is 3.45. The highest BCUT2D eigenvalue weighted by Crippen LogP contribution is 2.25. The molecule has 8 heteroatoms. The molecule has 2 amide bonds. The third-order valence-corrected chi connectivity index (χ3v) is 3.70. The van der Waals surface area contributed by atoms with E-state index in [0.29, 0.717) is 22.8 Å². The van der Waals surface area contributed by atoms with Gasteiger partial charge in [-0.25, -0.2) is 5.48 Å². The van der Waals surface area contributed by atoms with E-state index in [9.17, 15) is 9.59 Å². The van der Waals surface area contributed by atoms with Crippen LogP contribution in [0.5, 0.6) is 0 Å². The molecule has 2 aromatic rings. The number of hydroxylamine groups is 1. The van der Waals surface area contributed by atoms with Crippen LogP contribution in [-0.4, -0.2) is 40.2 Å². The predicted molar refractivity (Wildman–Crippen MR) is 87.7 cm³/mol. The van der Waals surface area contributed by atoms with Crippen molar-refractivity contribution in [2.45, 2.75) is 19.8 Å². The van der Waals surface area contributed by atoms with Gasteiger partial charge in [0.05, 0.1) is 0 Å². The number of amides is 2. The standard InChI is InChI=1S/C16H18ClN3O4/c1-2-3-8-20(9-14(21)18-23)16(22)13-10-24-19-15(13)11-4-6-12(17)7-5-11/h4-7,10,23H,2-3,8-9H2,1H3,(H,18,21). The van der Waals surface area contributed by atoms with Crippen LogP contribution in [-0.2, 0) is 4.79 Å². The lowest BCUT2D eigenvalue weighted by Crippen LogP contribution is -2.40. The first kappa shape index (κ1) is 18.0. The van der Waals surface area contributed by atoms with E-state index in [1.54, 1.807) is 24.3 Å². The Morgan fingerprint density at radius 1 is 1.33 bits per heavy atom. The summed E-state index contributed by atoms with van der Waals surface area (Å²) in [6, 6.07) is 6.84. The maximum Gasteiger partial charge on any atom is 0.262 e. The molecule has 0 radical (unpaired) electrons. The molecule has 24 heavy (non-hydrogen) atoms. The molecule has 7 nitrogen and oxygen atoms in total. The van der Waals surface area contributed by atoms with Gasteiger partial charge < -0.3 is 9.42 Å².